The Morgan fingerprint density at radius 1 is 1.32 bits per heavy atom. The first-order chi connectivity index (χ1) is 9.16. The third-order valence-corrected chi connectivity index (χ3v) is 3.72. The molecule has 0 aromatic heterocycles. The topological polar surface area (TPSA) is 38.3 Å². The minimum absolute atomic E-state index is 0.138. The van der Waals surface area contributed by atoms with Crippen molar-refractivity contribution in [2.24, 2.45) is 5.92 Å². The average molecular weight is 302 g/mol. The molecule has 19 heavy (non-hydrogen) atoms. The van der Waals surface area contributed by atoms with Crippen LogP contribution in [0.1, 0.15) is 29.6 Å². The standard InChI is InChI=1S/C14H17Cl2NO2/c15-12-5-4-11(8-13(12)16)14(18)17-6-1-7-19-9-10-2-3-10/h4-5,8,10H,1-3,6-7,9H2,(H,17,18). The number of nitrogens with one attached hydrogen (secondary N) is 1. The van der Waals surface area contributed by atoms with E-state index in [9.17, 15) is 4.79 Å². The highest BCUT2D eigenvalue weighted by Gasteiger charge is 2.20. The molecule has 0 radical (unpaired) electrons. The van der Waals surface area contributed by atoms with E-state index < -0.39 is 0 Å². The number of rotatable bonds is 7. The number of ether oxygens (including phenoxy) is 1. The number of halogens is 2. The van der Waals surface area contributed by atoms with Crippen LogP contribution in [0.2, 0.25) is 10.0 Å². The third kappa shape index (κ3) is 5.01. The van der Waals surface area contributed by atoms with Gasteiger partial charge in [0.25, 0.3) is 5.91 Å². The van der Waals surface area contributed by atoms with Crippen LogP contribution in [0.5, 0.6) is 0 Å². The number of hydrogen-bond donors (Lipinski definition) is 1. The van der Waals surface area contributed by atoms with E-state index in [1.165, 1.54) is 12.8 Å². The zero-order valence-corrected chi connectivity index (χ0v) is 12.1. The highest BCUT2D eigenvalue weighted by atomic mass is 35.5. The lowest BCUT2D eigenvalue weighted by Gasteiger charge is -2.06. The minimum atomic E-state index is -0.138. The Kier molecular flexibility index (Phi) is 5.49. The van der Waals surface area contributed by atoms with Crippen molar-refractivity contribution >= 4 is 29.1 Å². The maximum atomic E-state index is 11.8. The highest BCUT2D eigenvalue weighted by molar-refractivity contribution is 6.42. The summed E-state index contributed by atoms with van der Waals surface area (Å²) < 4.78 is 5.49. The molecule has 1 aliphatic carbocycles. The van der Waals surface area contributed by atoms with Crippen molar-refractivity contribution < 1.29 is 9.53 Å². The van der Waals surface area contributed by atoms with Crippen LogP contribution >= 0.6 is 23.2 Å². The highest BCUT2D eigenvalue weighted by Crippen LogP contribution is 2.28. The van der Waals surface area contributed by atoms with E-state index in [0.29, 0.717) is 28.8 Å². The average Bonchev–Trinajstić information content (AvgIpc) is 3.20. The summed E-state index contributed by atoms with van der Waals surface area (Å²) >= 11 is 11.7. The summed E-state index contributed by atoms with van der Waals surface area (Å²) in [5.41, 5.74) is 0.522. The van der Waals surface area contributed by atoms with Gasteiger partial charge in [-0.2, -0.15) is 0 Å². The van der Waals surface area contributed by atoms with Gasteiger partial charge in [-0.15, -0.1) is 0 Å². The number of amides is 1. The maximum absolute atomic E-state index is 11.8. The summed E-state index contributed by atoms with van der Waals surface area (Å²) in [6.07, 6.45) is 3.42. The van der Waals surface area contributed by atoms with E-state index in [-0.39, 0.29) is 5.91 Å². The molecule has 2 rings (SSSR count). The normalized spacial score (nSPS) is 14.4. The zero-order chi connectivity index (χ0) is 13.7. The van der Waals surface area contributed by atoms with Gasteiger partial charge in [0.15, 0.2) is 0 Å². The number of hydrogen-bond acceptors (Lipinski definition) is 2. The molecular formula is C14H17Cl2NO2. The van der Waals surface area contributed by atoms with Crippen molar-refractivity contribution in [1.29, 1.82) is 0 Å². The zero-order valence-electron chi connectivity index (χ0n) is 10.6. The molecule has 1 saturated carbocycles. The van der Waals surface area contributed by atoms with E-state index in [4.69, 9.17) is 27.9 Å². The van der Waals surface area contributed by atoms with Crippen LogP contribution in [0.25, 0.3) is 0 Å². The molecule has 0 atom stereocenters. The van der Waals surface area contributed by atoms with Crippen molar-refractivity contribution in [1.82, 2.24) is 5.32 Å². The van der Waals surface area contributed by atoms with Crippen LogP contribution in [0.15, 0.2) is 18.2 Å². The molecule has 0 aliphatic heterocycles. The predicted octanol–water partition coefficient (Wildman–Crippen LogP) is 3.54. The first-order valence-corrected chi connectivity index (χ1v) is 7.23. The molecule has 1 aliphatic rings. The van der Waals surface area contributed by atoms with Gasteiger partial charge in [-0.05, 0) is 43.4 Å². The van der Waals surface area contributed by atoms with Crippen LogP contribution in [-0.2, 0) is 4.74 Å². The van der Waals surface area contributed by atoms with Crippen molar-refractivity contribution in [3.63, 3.8) is 0 Å². The molecule has 0 saturated heterocycles. The molecule has 0 bridgehead atoms. The van der Waals surface area contributed by atoms with Crippen LogP contribution < -0.4 is 5.32 Å². The lowest BCUT2D eigenvalue weighted by atomic mass is 10.2. The summed E-state index contributed by atoms with van der Waals surface area (Å²) in [7, 11) is 0. The number of benzene rings is 1. The molecule has 0 unspecified atom stereocenters. The summed E-state index contributed by atoms with van der Waals surface area (Å²) in [4.78, 5) is 11.8. The molecule has 104 valence electrons. The molecule has 1 aromatic carbocycles. The summed E-state index contributed by atoms with van der Waals surface area (Å²) in [5, 5.41) is 3.67. The van der Waals surface area contributed by atoms with Crippen LogP contribution in [0.3, 0.4) is 0 Å². The Bertz CT molecular complexity index is 447. The largest absolute Gasteiger partial charge is 0.381 e. The third-order valence-electron chi connectivity index (χ3n) is 2.98. The maximum Gasteiger partial charge on any atom is 0.251 e. The second kappa shape index (κ2) is 7.13. The molecule has 1 fully saturated rings. The molecule has 0 heterocycles. The lowest BCUT2D eigenvalue weighted by molar-refractivity contribution is 0.0937. The van der Waals surface area contributed by atoms with Gasteiger partial charge in [0.1, 0.15) is 0 Å². The molecule has 1 aromatic rings. The Hall–Kier alpha value is -0.770. The summed E-state index contributed by atoms with van der Waals surface area (Å²) in [5.74, 6) is 0.645. The van der Waals surface area contributed by atoms with E-state index in [2.05, 4.69) is 5.32 Å². The second-order valence-electron chi connectivity index (χ2n) is 4.76. The fourth-order valence-electron chi connectivity index (χ4n) is 1.65. The van der Waals surface area contributed by atoms with Crippen molar-refractivity contribution in [2.75, 3.05) is 19.8 Å². The van der Waals surface area contributed by atoms with E-state index in [0.717, 1.165) is 18.9 Å². The number of carbonyl (C=O) groups excluding carboxylic acids is 1. The molecule has 3 nitrogen and oxygen atoms in total. The molecular weight excluding hydrogens is 285 g/mol. The molecule has 5 heteroatoms. The Balaban J connectivity index is 1.63. The summed E-state index contributed by atoms with van der Waals surface area (Å²) in [6, 6.07) is 4.85. The lowest BCUT2D eigenvalue weighted by Crippen LogP contribution is -2.25. The number of carbonyl (C=O) groups is 1. The van der Waals surface area contributed by atoms with Gasteiger partial charge in [-0.3, -0.25) is 4.79 Å². The fraction of sp³-hybridized carbons (Fsp3) is 0.500. The van der Waals surface area contributed by atoms with Gasteiger partial charge in [0, 0.05) is 25.3 Å². The smallest absolute Gasteiger partial charge is 0.251 e. The Morgan fingerprint density at radius 2 is 2.11 bits per heavy atom. The molecule has 1 amide bonds. The van der Waals surface area contributed by atoms with Crippen molar-refractivity contribution in [3.05, 3.63) is 33.8 Å². The van der Waals surface area contributed by atoms with Gasteiger partial charge < -0.3 is 10.1 Å². The van der Waals surface area contributed by atoms with Crippen LogP contribution in [-0.4, -0.2) is 25.7 Å². The van der Waals surface area contributed by atoms with Gasteiger partial charge >= 0.3 is 0 Å². The van der Waals surface area contributed by atoms with Gasteiger partial charge in [0.2, 0.25) is 0 Å². The monoisotopic (exact) mass is 301 g/mol. The van der Waals surface area contributed by atoms with Gasteiger partial charge in [0.05, 0.1) is 10.0 Å². The van der Waals surface area contributed by atoms with Gasteiger partial charge in [-0.25, -0.2) is 0 Å². The quantitative estimate of drug-likeness (QED) is 0.782. The van der Waals surface area contributed by atoms with E-state index >= 15 is 0 Å². The first kappa shape index (κ1) is 14.6. The van der Waals surface area contributed by atoms with E-state index in [1.54, 1.807) is 18.2 Å². The van der Waals surface area contributed by atoms with Crippen LogP contribution in [0.4, 0.5) is 0 Å². The minimum Gasteiger partial charge on any atom is -0.381 e. The summed E-state index contributed by atoms with van der Waals surface area (Å²) in [6.45, 7) is 2.16. The Labute approximate surface area is 123 Å². The van der Waals surface area contributed by atoms with Crippen molar-refractivity contribution in [2.45, 2.75) is 19.3 Å². The van der Waals surface area contributed by atoms with Crippen LogP contribution in [0, 0.1) is 5.92 Å². The Morgan fingerprint density at radius 3 is 2.79 bits per heavy atom. The second-order valence-corrected chi connectivity index (χ2v) is 5.57. The van der Waals surface area contributed by atoms with Gasteiger partial charge in [-0.1, -0.05) is 23.2 Å². The SMILES string of the molecule is O=C(NCCCOCC1CC1)c1ccc(Cl)c(Cl)c1. The van der Waals surface area contributed by atoms with Crippen molar-refractivity contribution in [3.8, 4) is 0 Å². The predicted molar refractivity (Wildman–Crippen MR) is 77.0 cm³/mol. The molecule has 0 spiro atoms. The van der Waals surface area contributed by atoms with E-state index in [1.807, 2.05) is 0 Å². The molecule has 1 N–H and O–H groups in total. The fourth-order valence-corrected chi connectivity index (χ4v) is 1.95. The first-order valence-electron chi connectivity index (χ1n) is 6.48.